The Morgan fingerprint density at radius 1 is 1.17 bits per heavy atom. The van der Waals surface area contributed by atoms with Crippen molar-refractivity contribution in [2.75, 3.05) is 49.1 Å². The van der Waals surface area contributed by atoms with Crippen molar-refractivity contribution in [3.05, 3.63) is 40.3 Å². The van der Waals surface area contributed by atoms with Crippen LogP contribution in [0.1, 0.15) is 42.7 Å². The topological polar surface area (TPSA) is 97.3 Å². The Kier molecular flexibility index (Phi) is 6.37. The van der Waals surface area contributed by atoms with Crippen LogP contribution in [0.3, 0.4) is 0 Å². The number of hydrogen-bond acceptors (Lipinski definition) is 7. The summed E-state index contributed by atoms with van der Waals surface area (Å²) in [6, 6.07) is 5.98. The normalized spacial score (nSPS) is 21.1. The molecule has 5 rings (SSSR count). The predicted octanol–water partition coefficient (Wildman–Crippen LogP) is 1.76. The fourth-order valence-corrected chi connectivity index (χ4v) is 5.76. The van der Waals surface area contributed by atoms with E-state index >= 15 is 0 Å². The van der Waals surface area contributed by atoms with Crippen LogP contribution < -0.4 is 9.80 Å². The van der Waals surface area contributed by atoms with Gasteiger partial charge in [-0.3, -0.25) is 19.3 Å². The number of aliphatic hydroxyl groups is 1. The minimum absolute atomic E-state index is 0.0248. The molecule has 9 nitrogen and oxygen atoms in total. The van der Waals surface area contributed by atoms with E-state index in [1.165, 1.54) is 11.3 Å². The van der Waals surface area contributed by atoms with Crippen LogP contribution >= 0.6 is 11.3 Å². The zero-order valence-corrected chi connectivity index (χ0v) is 21.0. The minimum Gasteiger partial charge on any atom is -0.390 e. The second-order valence-electron chi connectivity index (χ2n) is 10.2. The van der Waals surface area contributed by atoms with Gasteiger partial charge in [-0.05, 0) is 44.0 Å². The van der Waals surface area contributed by atoms with E-state index in [4.69, 9.17) is 0 Å². The molecule has 35 heavy (non-hydrogen) atoms. The van der Waals surface area contributed by atoms with Gasteiger partial charge in [0.15, 0.2) is 0 Å². The number of thiazole rings is 1. The molecule has 2 saturated heterocycles. The molecule has 1 aromatic carbocycles. The maximum absolute atomic E-state index is 12.9. The summed E-state index contributed by atoms with van der Waals surface area (Å²) in [5.74, 6) is -0.0131. The molecule has 4 heterocycles. The molecule has 0 radical (unpaired) electrons. The average Bonchev–Trinajstić information content (AvgIpc) is 3.57. The Balaban J connectivity index is 1.21. The number of piperazine rings is 1. The van der Waals surface area contributed by atoms with Gasteiger partial charge in [0.25, 0.3) is 5.91 Å². The van der Waals surface area contributed by atoms with Crippen molar-refractivity contribution < 1.29 is 19.5 Å². The van der Waals surface area contributed by atoms with E-state index in [-0.39, 0.29) is 30.2 Å². The summed E-state index contributed by atoms with van der Waals surface area (Å²) in [6.45, 7) is 7.24. The highest BCUT2D eigenvalue weighted by Crippen LogP contribution is 2.34. The number of anilines is 2. The van der Waals surface area contributed by atoms with Crippen LogP contribution in [-0.4, -0.2) is 88.5 Å². The summed E-state index contributed by atoms with van der Waals surface area (Å²) < 4.78 is 0. The number of rotatable bonds is 5. The predicted molar refractivity (Wildman–Crippen MR) is 134 cm³/mol. The van der Waals surface area contributed by atoms with Crippen LogP contribution in [-0.2, 0) is 16.0 Å². The molecular weight excluding hydrogens is 466 g/mol. The van der Waals surface area contributed by atoms with Crippen molar-refractivity contribution in [1.29, 1.82) is 0 Å². The van der Waals surface area contributed by atoms with Crippen LogP contribution in [0.25, 0.3) is 0 Å². The first-order valence-electron chi connectivity index (χ1n) is 12.1. The third-order valence-corrected chi connectivity index (χ3v) is 7.62. The van der Waals surface area contributed by atoms with Gasteiger partial charge in [-0.15, -0.1) is 11.3 Å². The van der Waals surface area contributed by atoms with Gasteiger partial charge in [-0.1, -0.05) is 0 Å². The molecule has 186 valence electrons. The van der Waals surface area contributed by atoms with Gasteiger partial charge < -0.3 is 19.8 Å². The van der Waals surface area contributed by atoms with Crippen LogP contribution in [0.15, 0.2) is 29.1 Å². The van der Waals surface area contributed by atoms with Crippen LogP contribution in [0.4, 0.5) is 11.4 Å². The average molecular weight is 498 g/mol. The number of carbonyl (C=O) groups excluding carboxylic acids is 3. The van der Waals surface area contributed by atoms with Gasteiger partial charge in [-0.2, -0.15) is 0 Å². The standard InChI is InChI=1S/C25H31N5O4S/c1-25(2,34)13-23(32)29-6-5-17-11-18(3-4-21(17)29)30-14-19(12-22(30)31)27-7-9-28(10-8-27)24(33)20-15-35-16-26-20/h3-4,11,15-16,19,34H,5-10,12-14H2,1-2H3/t19-/m1/s1. The molecule has 1 N–H and O–H groups in total. The first kappa shape index (κ1) is 23.9. The lowest BCUT2D eigenvalue weighted by molar-refractivity contribution is -0.122. The fraction of sp³-hybridized carbons (Fsp3) is 0.520. The summed E-state index contributed by atoms with van der Waals surface area (Å²) >= 11 is 1.42. The third kappa shape index (κ3) is 4.96. The SMILES string of the molecule is CC(C)(O)CC(=O)N1CCc2cc(N3C[C@H](N4CCN(C(=O)c5cscn5)CC4)CC3=O)ccc21. The molecule has 0 saturated carbocycles. The van der Waals surface area contributed by atoms with Crippen molar-refractivity contribution in [2.24, 2.45) is 0 Å². The largest absolute Gasteiger partial charge is 0.390 e. The maximum Gasteiger partial charge on any atom is 0.273 e. The van der Waals surface area contributed by atoms with E-state index < -0.39 is 5.60 Å². The number of hydrogen-bond donors (Lipinski definition) is 1. The van der Waals surface area contributed by atoms with Crippen LogP contribution in [0.2, 0.25) is 0 Å². The molecule has 10 heteroatoms. The first-order chi connectivity index (χ1) is 16.7. The molecule has 0 spiro atoms. The summed E-state index contributed by atoms with van der Waals surface area (Å²) in [7, 11) is 0. The molecule has 2 aromatic rings. The van der Waals surface area contributed by atoms with Gasteiger partial charge in [-0.25, -0.2) is 4.98 Å². The van der Waals surface area contributed by atoms with E-state index in [0.29, 0.717) is 38.3 Å². The van der Waals surface area contributed by atoms with Gasteiger partial charge >= 0.3 is 0 Å². The summed E-state index contributed by atoms with van der Waals surface area (Å²) in [6.07, 6.45) is 1.28. The zero-order valence-electron chi connectivity index (χ0n) is 20.1. The number of amides is 3. The van der Waals surface area contributed by atoms with Gasteiger partial charge in [0.2, 0.25) is 11.8 Å². The molecule has 3 aliphatic rings. The van der Waals surface area contributed by atoms with E-state index in [9.17, 15) is 19.5 Å². The van der Waals surface area contributed by atoms with E-state index in [1.54, 1.807) is 29.6 Å². The van der Waals surface area contributed by atoms with Crippen molar-refractivity contribution in [2.45, 2.75) is 44.8 Å². The quantitative estimate of drug-likeness (QED) is 0.676. The van der Waals surface area contributed by atoms with Gasteiger partial charge in [0.05, 0.1) is 17.5 Å². The van der Waals surface area contributed by atoms with Crippen LogP contribution in [0.5, 0.6) is 0 Å². The first-order valence-corrected chi connectivity index (χ1v) is 13.0. The fourth-order valence-electron chi connectivity index (χ4n) is 5.23. The summed E-state index contributed by atoms with van der Waals surface area (Å²) in [5, 5.41) is 11.8. The lowest BCUT2D eigenvalue weighted by Gasteiger charge is -2.37. The number of fused-ring (bicyclic) bond motifs is 1. The Bertz CT molecular complexity index is 1120. The van der Waals surface area contributed by atoms with E-state index in [2.05, 4.69) is 9.88 Å². The van der Waals surface area contributed by atoms with Gasteiger partial charge in [0.1, 0.15) is 5.69 Å². The molecule has 1 atom stereocenters. The van der Waals surface area contributed by atoms with Crippen molar-refractivity contribution in [1.82, 2.24) is 14.8 Å². The monoisotopic (exact) mass is 497 g/mol. The number of nitrogens with zero attached hydrogens (tertiary/aromatic N) is 5. The highest BCUT2D eigenvalue weighted by molar-refractivity contribution is 7.07. The van der Waals surface area contributed by atoms with Crippen LogP contribution in [0, 0.1) is 0 Å². The smallest absolute Gasteiger partial charge is 0.273 e. The maximum atomic E-state index is 12.9. The summed E-state index contributed by atoms with van der Waals surface area (Å²) in [4.78, 5) is 50.0. The molecule has 0 aliphatic carbocycles. The second-order valence-corrected chi connectivity index (χ2v) is 10.9. The molecule has 0 unspecified atom stereocenters. The highest BCUT2D eigenvalue weighted by Gasteiger charge is 2.37. The lowest BCUT2D eigenvalue weighted by Crippen LogP contribution is -2.52. The molecule has 0 bridgehead atoms. The van der Waals surface area contributed by atoms with Crippen molar-refractivity contribution in [3.8, 4) is 0 Å². The van der Waals surface area contributed by atoms with E-state index in [1.807, 2.05) is 28.0 Å². The molecule has 3 amide bonds. The van der Waals surface area contributed by atoms with E-state index in [0.717, 1.165) is 36.4 Å². The van der Waals surface area contributed by atoms with Crippen molar-refractivity contribution in [3.63, 3.8) is 0 Å². The third-order valence-electron chi connectivity index (χ3n) is 7.03. The Labute approximate surface area is 208 Å². The molecule has 1 aromatic heterocycles. The molecular formula is C25H31N5O4S. The minimum atomic E-state index is -1.05. The lowest BCUT2D eigenvalue weighted by atomic mass is 10.0. The molecule has 2 fully saturated rings. The number of carbonyl (C=O) groups is 3. The Morgan fingerprint density at radius 2 is 1.94 bits per heavy atom. The highest BCUT2D eigenvalue weighted by atomic mass is 32.1. The zero-order chi connectivity index (χ0) is 24.7. The van der Waals surface area contributed by atoms with Crippen molar-refractivity contribution >= 4 is 40.4 Å². The Morgan fingerprint density at radius 3 is 2.63 bits per heavy atom. The second kappa shape index (κ2) is 9.33. The Hall–Kier alpha value is -2.82. The summed E-state index contributed by atoms with van der Waals surface area (Å²) in [5.41, 5.74) is 3.92. The number of aromatic nitrogens is 1. The number of benzene rings is 1. The van der Waals surface area contributed by atoms with Gasteiger partial charge in [0, 0.05) is 68.5 Å². The molecule has 3 aliphatic heterocycles.